The smallest absolute Gasteiger partial charge is 0.208 e. The second-order valence-corrected chi connectivity index (χ2v) is 7.04. The van der Waals surface area contributed by atoms with Crippen molar-refractivity contribution in [3.05, 3.63) is 29.8 Å². The molecule has 1 fully saturated rings. The summed E-state index contributed by atoms with van der Waals surface area (Å²) in [7, 11) is -3.85. The molecule has 0 aliphatic heterocycles. The predicted octanol–water partition coefficient (Wildman–Crippen LogP) is 3.07. The molecule has 1 aliphatic rings. The van der Waals surface area contributed by atoms with Gasteiger partial charge >= 0.3 is 6.18 Å². The average molecular weight is 332 g/mol. The first-order chi connectivity index (χ1) is 10.2. The number of rotatable bonds is 3. The van der Waals surface area contributed by atoms with Crippen molar-refractivity contribution in [1.29, 1.82) is 5.26 Å². The molecule has 1 aromatic carbocycles. The minimum absolute atomic E-state index is 0.0492. The third-order valence-corrected chi connectivity index (χ3v) is 5.26. The van der Waals surface area contributed by atoms with Crippen molar-refractivity contribution in [2.45, 2.75) is 42.8 Å². The second kappa shape index (κ2) is 6.26. The van der Waals surface area contributed by atoms with E-state index >= 15 is 0 Å². The van der Waals surface area contributed by atoms with Gasteiger partial charge in [-0.25, -0.2) is 13.1 Å². The van der Waals surface area contributed by atoms with Crippen LogP contribution in [0, 0.1) is 17.2 Å². The molecule has 2 rings (SSSR count). The van der Waals surface area contributed by atoms with Gasteiger partial charge in [0.05, 0.1) is 16.5 Å². The summed E-state index contributed by atoms with van der Waals surface area (Å²) < 4.78 is 64.2. The Kier molecular flexibility index (Phi) is 4.78. The van der Waals surface area contributed by atoms with Gasteiger partial charge in [-0.2, -0.15) is 18.4 Å². The third kappa shape index (κ3) is 3.99. The minimum Gasteiger partial charge on any atom is -0.208 e. The lowest BCUT2D eigenvalue weighted by Gasteiger charge is -2.25. The van der Waals surface area contributed by atoms with Gasteiger partial charge in [-0.1, -0.05) is 0 Å². The van der Waals surface area contributed by atoms with E-state index in [4.69, 9.17) is 5.26 Å². The fraction of sp³-hybridized carbons (Fsp3) is 0.500. The number of alkyl halides is 3. The van der Waals surface area contributed by atoms with Crippen LogP contribution in [0.5, 0.6) is 0 Å². The van der Waals surface area contributed by atoms with Crippen LogP contribution in [0.1, 0.15) is 31.2 Å². The van der Waals surface area contributed by atoms with Gasteiger partial charge in [0.25, 0.3) is 0 Å². The molecule has 0 unspecified atom stereocenters. The van der Waals surface area contributed by atoms with E-state index in [1.165, 1.54) is 0 Å². The van der Waals surface area contributed by atoms with Crippen LogP contribution in [0.25, 0.3) is 0 Å². The van der Waals surface area contributed by atoms with Gasteiger partial charge in [-0.05, 0) is 49.9 Å². The van der Waals surface area contributed by atoms with Crippen molar-refractivity contribution < 1.29 is 21.6 Å². The number of hydrogen-bond donors (Lipinski definition) is 1. The molecule has 4 nitrogen and oxygen atoms in total. The summed E-state index contributed by atoms with van der Waals surface area (Å²) in [6.07, 6.45) is -2.14. The highest BCUT2D eigenvalue weighted by molar-refractivity contribution is 7.89. The second-order valence-electron chi connectivity index (χ2n) is 5.32. The maximum atomic E-state index is 12.5. The van der Waals surface area contributed by atoms with Crippen molar-refractivity contribution in [2.24, 2.45) is 5.92 Å². The Morgan fingerprint density at radius 2 is 1.64 bits per heavy atom. The van der Waals surface area contributed by atoms with Gasteiger partial charge < -0.3 is 0 Å². The van der Waals surface area contributed by atoms with E-state index in [-0.39, 0.29) is 16.9 Å². The quantitative estimate of drug-likeness (QED) is 0.925. The van der Waals surface area contributed by atoms with Gasteiger partial charge in [0, 0.05) is 12.0 Å². The number of halogens is 3. The van der Waals surface area contributed by atoms with Crippen LogP contribution in [0.15, 0.2) is 29.2 Å². The zero-order valence-electron chi connectivity index (χ0n) is 11.6. The normalized spacial score (nSPS) is 23.0. The molecular weight excluding hydrogens is 317 g/mol. The van der Waals surface area contributed by atoms with Gasteiger partial charge in [-0.15, -0.1) is 0 Å². The molecule has 120 valence electrons. The summed E-state index contributed by atoms with van der Waals surface area (Å²) >= 11 is 0. The van der Waals surface area contributed by atoms with E-state index < -0.39 is 21.8 Å². The molecule has 1 saturated carbocycles. The van der Waals surface area contributed by atoms with E-state index in [0.29, 0.717) is 25.7 Å². The molecule has 0 radical (unpaired) electrons. The van der Waals surface area contributed by atoms with Gasteiger partial charge in [0.2, 0.25) is 10.0 Å². The standard InChI is InChI=1S/C14H15F3N2O2S/c15-14(16,17)11-3-7-13(8-4-11)22(20,21)19-12-5-1-10(9-18)2-6-12/h3-4,7-8,10,12,19H,1-2,5-6H2. The Labute approximate surface area is 127 Å². The Morgan fingerprint density at radius 3 is 2.09 bits per heavy atom. The molecule has 22 heavy (non-hydrogen) atoms. The number of sulfonamides is 1. The lowest BCUT2D eigenvalue weighted by Crippen LogP contribution is -2.37. The summed E-state index contributed by atoms with van der Waals surface area (Å²) in [5.41, 5.74) is -0.888. The molecule has 8 heteroatoms. The van der Waals surface area contributed by atoms with Crippen LogP contribution < -0.4 is 4.72 Å². The van der Waals surface area contributed by atoms with Crippen LogP contribution in [-0.4, -0.2) is 14.5 Å². The summed E-state index contributed by atoms with van der Waals surface area (Å²) in [6.45, 7) is 0. The van der Waals surface area contributed by atoms with Crippen LogP contribution >= 0.6 is 0 Å². The van der Waals surface area contributed by atoms with Crippen molar-refractivity contribution >= 4 is 10.0 Å². The Bertz CT molecular complexity index is 655. The zero-order chi connectivity index (χ0) is 16.4. The highest BCUT2D eigenvalue weighted by Crippen LogP contribution is 2.30. The summed E-state index contributed by atoms with van der Waals surface area (Å²) in [5.74, 6) is -0.0492. The molecule has 1 aromatic rings. The highest BCUT2D eigenvalue weighted by Gasteiger charge is 2.31. The zero-order valence-corrected chi connectivity index (χ0v) is 12.4. The third-order valence-electron chi connectivity index (χ3n) is 3.72. The summed E-state index contributed by atoms with van der Waals surface area (Å²) in [6, 6.07) is 5.28. The Balaban J connectivity index is 2.06. The first-order valence-electron chi connectivity index (χ1n) is 6.81. The van der Waals surface area contributed by atoms with E-state index in [0.717, 1.165) is 24.3 Å². The number of nitrogens with one attached hydrogen (secondary N) is 1. The topological polar surface area (TPSA) is 70.0 Å². The number of nitrogens with zero attached hydrogens (tertiary/aromatic N) is 1. The summed E-state index contributed by atoms with van der Waals surface area (Å²) in [5, 5.41) is 8.80. The van der Waals surface area contributed by atoms with E-state index in [2.05, 4.69) is 10.8 Å². The molecule has 0 spiro atoms. The molecule has 1 N–H and O–H groups in total. The highest BCUT2D eigenvalue weighted by atomic mass is 32.2. The molecule has 0 saturated heterocycles. The van der Waals surface area contributed by atoms with Crippen molar-refractivity contribution in [1.82, 2.24) is 4.72 Å². The van der Waals surface area contributed by atoms with Crippen LogP contribution in [0.2, 0.25) is 0 Å². The Hall–Kier alpha value is -1.59. The first kappa shape index (κ1) is 16.8. The largest absolute Gasteiger partial charge is 0.416 e. The Morgan fingerprint density at radius 1 is 1.09 bits per heavy atom. The predicted molar refractivity (Wildman–Crippen MR) is 73.1 cm³/mol. The van der Waals surface area contributed by atoms with Gasteiger partial charge in [0.15, 0.2) is 0 Å². The average Bonchev–Trinajstić information content (AvgIpc) is 2.47. The summed E-state index contributed by atoms with van der Waals surface area (Å²) in [4.78, 5) is -0.192. The first-order valence-corrected chi connectivity index (χ1v) is 8.30. The minimum atomic E-state index is -4.49. The maximum absolute atomic E-state index is 12.5. The molecule has 0 atom stereocenters. The molecule has 1 aliphatic carbocycles. The van der Waals surface area contributed by atoms with Crippen molar-refractivity contribution in [3.8, 4) is 6.07 Å². The number of benzene rings is 1. The van der Waals surface area contributed by atoms with E-state index in [1.807, 2.05) is 0 Å². The fourth-order valence-electron chi connectivity index (χ4n) is 2.45. The van der Waals surface area contributed by atoms with E-state index in [1.54, 1.807) is 0 Å². The van der Waals surface area contributed by atoms with Crippen LogP contribution in [-0.2, 0) is 16.2 Å². The van der Waals surface area contributed by atoms with Crippen LogP contribution in [0.4, 0.5) is 13.2 Å². The SMILES string of the molecule is N#CC1CCC(NS(=O)(=O)c2ccc(C(F)(F)F)cc2)CC1. The fourth-order valence-corrected chi connectivity index (χ4v) is 3.76. The van der Waals surface area contributed by atoms with Crippen molar-refractivity contribution in [3.63, 3.8) is 0 Å². The van der Waals surface area contributed by atoms with Crippen LogP contribution in [0.3, 0.4) is 0 Å². The molecule has 0 heterocycles. The van der Waals surface area contributed by atoms with Gasteiger partial charge in [0.1, 0.15) is 0 Å². The number of hydrogen-bond acceptors (Lipinski definition) is 3. The molecule has 0 aromatic heterocycles. The lowest BCUT2D eigenvalue weighted by molar-refractivity contribution is -0.137. The lowest BCUT2D eigenvalue weighted by atomic mass is 9.88. The van der Waals surface area contributed by atoms with E-state index in [9.17, 15) is 21.6 Å². The maximum Gasteiger partial charge on any atom is 0.416 e. The van der Waals surface area contributed by atoms with Crippen molar-refractivity contribution in [2.75, 3.05) is 0 Å². The molecule has 0 amide bonds. The van der Waals surface area contributed by atoms with Gasteiger partial charge in [-0.3, -0.25) is 0 Å². The number of nitriles is 1. The molecule has 0 bridgehead atoms. The monoisotopic (exact) mass is 332 g/mol. The molecular formula is C14H15F3N2O2S.